The SMILES string of the molecule is CCCCCC(CCCCCCOS(=O)(=O)O)C[N+](C)(C)CCN(CC)c1ccc(N=Nc2nc(-c3ccccc3)ns2)cc1. The topological polar surface area (TPSA) is 117 Å². The van der Waals surface area contributed by atoms with E-state index in [2.05, 4.69) is 68.7 Å². The normalized spacial score (nSPS) is 13.0. The molecule has 0 bridgehead atoms. The van der Waals surface area contributed by atoms with Gasteiger partial charge in [-0.15, -0.1) is 10.2 Å². The van der Waals surface area contributed by atoms with Crippen LogP contribution in [-0.2, 0) is 14.6 Å². The van der Waals surface area contributed by atoms with Gasteiger partial charge in [0.15, 0.2) is 5.82 Å². The molecule has 45 heavy (non-hydrogen) atoms. The molecule has 1 heterocycles. The molecule has 10 nitrogen and oxygen atoms in total. The summed E-state index contributed by atoms with van der Waals surface area (Å²) < 4.78 is 39.9. The fourth-order valence-electron chi connectivity index (χ4n) is 5.51. The fourth-order valence-corrected chi connectivity index (χ4v) is 6.35. The Balaban J connectivity index is 1.48. The third-order valence-corrected chi connectivity index (χ3v) is 9.04. The molecule has 1 unspecified atom stereocenters. The van der Waals surface area contributed by atoms with Crippen LogP contribution in [0.1, 0.15) is 71.6 Å². The van der Waals surface area contributed by atoms with Crippen molar-refractivity contribution in [2.75, 3.05) is 51.8 Å². The predicted molar refractivity (Wildman–Crippen MR) is 184 cm³/mol. The molecule has 0 amide bonds. The summed E-state index contributed by atoms with van der Waals surface area (Å²) in [6.45, 7) is 8.57. The molecule has 2 aromatic carbocycles. The van der Waals surface area contributed by atoms with Crippen LogP contribution in [-0.4, -0.2) is 73.7 Å². The van der Waals surface area contributed by atoms with Crippen LogP contribution in [0.3, 0.4) is 0 Å². The zero-order chi connectivity index (χ0) is 32.5. The molecule has 3 aromatic rings. The van der Waals surface area contributed by atoms with Crippen LogP contribution in [0.2, 0.25) is 0 Å². The summed E-state index contributed by atoms with van der Waals surface area (Å²) in [7, 11) is 0.348. The van der Waals surface area contributed by atoms with Crippen molar-refractivity contribution in [1.82, 2.24) is 9.36 Å². The van der Waals surface area contributed by atoms with Gasteiger partial charge in [-0.3, -0.25) is 4.55 Å². The number of aromatic nitrogens is 2. The molecule has 12 heteroatoms. The number of nitrogens with zero attached hydrogens (tertiary/aromatic N) is 6. The maximum Gasteiger partial charge on any atom is 0.397 e. The van der Waals surface area contributed by atoms with Crippen molar-refractivity contribution in [3.63, 3.8) is 0 Å². The van der Waals surface area contributed by atoms with Gasteiger partial charge in [-0.05, 0) is 50.5 Å². The molecule has 0 spiro atoms. The first-order valence-corrected chi connectivity index (χ1v) is 18.3. The first-order valence-electron chi connectivity index (χ1n) is 16.2. The number of unbranched alkanes of at least 4 members (excludes halogenated alkanes) is 5. The van der Waals surface area contributed by atoms with E-state index in [0.717, 1.165) is 61.2 Å². The number of rotatable bonds is 22. The van der Waals surface area contributed by atoms with Gasteiger partial charge in [0.05, 0.1) is 46.0 Å². The summed E-state index contributed by atoms with van der Waals surface area (Å²) in [4.78, 5) is 6.90. The van der Waals surface area contributed by atoms with Gasteiger partial charge >= 0.3 is 10.4 Å². The maximum atomic E-state index is 10.7. The fraction of sp³-hybridized carbons (Fsp3) is 0.576. The summed E-state index contributed by atoms with van der Waals surface area (Å²) in [6.07, 6.45) is 9.90. The van der Waals surface area contributed by atoms with Gasteiger partial charge in [0.25, 0.3) is 0 Å². The summed E-state index contributed by atoms with van der Waals surface area (Å²) in [6, 6.07) is 18.1. The largest absolute Gasteiger partial charge is 0.397 e. The van der Waals surface area contributed by atoms with Crippen LogP contribution in [0.4, 0.5) is 16.5 Å². The lowest BCUT2D eigenvalue weighted by Crippen LogP contribution is -2.48. The van der Waals surface area contributed by atoms with Crippen LogP contribution in [0.15, 0.2) is 64.8 Å². The molecular weight excluding hydrogens is 609 g/mol. The van der Waals surface area contributed by atoms with Crippen LogP contribution < -0.4 is 4.90 Å². The number of anilines is 1. The maximum absolute atomic E-state index is 10.7. The van der Waals surface area contributed by atoms with Crippen molar-refractivity contribution in [3.8, 4) is 11.4 Å². The van der Waals surface area contributed by atoms with Crippen molar-refractivity contribution in [2.24, 2.45) is 16.1 Å². The zero-order valence-electron chi connectivity index (χ0n) is 27.3. The lowest BCUT2D eigenvalue weighted by atomic mass is 9.93. The summed E-state index contributed by atoms with van der Waals surface area (Å²) in [5.74, 6) is 1.33. The van der Waals surface area contributed by atoms with E-state index in [4.69, 9.17) is 4.55 Å². The molecule has 0 aliphatic rings. The highest BCUT2D eigenvalue weighted by molar-refractivity contribution is 7.80. The van der Waals surface area contributed by atoms with Gasteiger partial charge in [0.2, 0.25) is 5.13 Å². The van der Waals surface area contributed by atoms with E-state index < -0.39 is 10.4 Å². The molecular formula is C33H51N6O4S2+. The van der Waals surface area contributed by atoms with Gasteiger partial charge in [0.1, 0.15) is 0 Å². The molecule has 1 N–H and O–H groups in total. The first kappa shape index (κ1) is 36.7. The number of likely N-dealkylation sites (N-methyl/N-ethyl adjacent to an activating group) is 2. The smallest absolute Gasteiger partial charge is 0.366 e. The van der Waals surface area contributed by atoms with Crippen LogP contribution in [0.5, 0.6) is 0 Å². The van der Waals surface area contributed by atoms with E-state index >= 15 is 0 Å². The molecule has 1 aromatic heterocycles. The van der Waals surface area contributed by atoms with Gasteiger partial charge in [-0.2, -0.15) is 17.8 Å². The Morgan fingerprint density at radius 3 is 2.29 bits per heavy atom. The van der Waals surface area contributed by atoms with Gasteiger partial charge < -0.3 is 9.38 Å². The number of quaternary nitrogens is 1. The number of hydrogen-bond donors (Lipinski definition) is 1. The Labute approximate surface area is 274 Å². The van der Waals surface area contributed by atoms with Gasteiger partial charge in [0, 0.05) is 35.2 Å². The quantitative estimate of drug-likeness (QED) is 0.0497. The Hall–Kier alpha value is -2.77. The van der Waals surface area contributed by atoms with Crippen molar-refractivity contribution in [1.29, 1.82) is 0 Å². The van der Waals surface area contributed by atoms with E-state index in [0.29, 0.717) is 23.3 Å². The second-order valence-corrected chi connectivity index (χ2v) is 14.0. The predicted octanol–water partition coefficient (Wildman–Crippen LogP) is 8.49. The van der Waals surface area contributed by atoms with Crippen LogP contribution >= 0.6 is 11.5 Å². The minimum Gasteiger partial charge on any atom is -0.366 e. The minimum absolute atomic E-state index is 0.0454. The van der Waals surface area contributed by atoms with Crippen molar-refractivity contribution in [3.05, 3.63) is 54.6 Å². The molecule has 1 atom stereocenters. The monoisotopic (exact) mass is 659 g/mol. The summed E-state index contributed by atoms with van der Waals surface area (Å²) in [5, 5.41) is 9.22. The van der Waals surface area contributed by atoms with Gasteiger partial charge in [-0.25, -0.2) is 4.18 Å². The van der Waals surface area contributed by atoms with E-state index in [9.17, 15) is 8.42 Å². The Bertz CT molecular complexity index is 1380. The molecule has 3 rings (SSSR count). The van der Waals surface area contributed by atoms with Crippen LogP contribution in [0, 0.1) is 5.92 Å². The lowest BCUT2D eigenvalue weighted by molar-refractivity contribution is -0.892. The van der Waals surface area contributed by atoms with E-state index in [1.54, 1.807) is 0 Å². The van der Waals surface area contributed by atoms with Crippen molar-refractivity contribution >= 4 is 38.4 Å². The Kier molecular flexibility index (Phi) is 15.5. The van der Waals surface area contributed by atoms with E-state index in [-0.39, 0.29) is 6.61 Å². The molecule has 0 radical (unpaired) electrons. The molecule has 248 valence electrons. The molecule has 0 aliphatic carbocycles. The number of hydrogen-bond acceptors (Lipinski definition) is 9. The van der Waals surface area contributed by atoms with Crippen molar-refractivity contribution < 1.29 is 21.6 Å². The minimum atomic E-state index is -4.33. The molecule has 0 saturated carbocycles. The van der Waals surface area contributed by atoms with Crippen LogP contribution in [0.25, 0.3) is 11.4 Å². The zero-order valence-corrected chi connectivity index (χ0v) is 29.0. The van der Waals surface area contributed by atoms with Crippen molar-refractivity contribution in [2.45, 2.75) is 71.6 Å². The Morgan fingerprint density at radius 1 is 0.933 bits per heavy atom. The molecule has 0 fully saturated rings. The number of azo groups is 1. The highest BCUT2D eigenvalue weighted by Crippen LogP contribution is 2.26. The average molecular weight is 660 g/mol. The summed E-state index contributed by atoms with van der Waals surface area (Å²) >= 11 is 1.24. The first-order chi connectivity index (χ1) is 21.6. The second-order valence-electron chi connectivity index (χ2n) is 12.2. The third-order valence-electron chi connectivity index (χ3n) is 7.98. The standard InChI is InChI=1S/C33H50N6O4S2/c1-5-7-11-16-28(17-12-8-9-15-26-43-45(40,41)42)27-39(3,4)25-24-38(6-2)31-22-20-30(21-23-31)35-36-33-34-32(37-44-33)29-18-13-10-14-19-29/h10,13-14,18-23,28H,5-9,11-12,15-17,24-27H2,1-4H3/p+1. The average Bonchev–Trinajstić information content (AvgIpc) is 3.49. The third kappa shape index (κ3) is 14.5. The summed E-state index contributed by atoms with van der Waals surface area (Å²) in [5.41, 5.74) is 2.92. The Morgan fingerprint density at radius 2 is 1.62 bits per heavy atom. The number of benzene rings is 2. The van der Waals surface area contributed by atoms with E-state index in [1.165, 1.54) is 49.3 Å². The van der Waals surface area contributed by atoms with Gasteiger partial charge in [-0.1, -0.05) is 75.8 Å². The molecule has 0 saturated heterocycles. The highest BCUT2D eigenvalue weighted by atomic mass is 32.3. The second kappa shape index (κ2) is 19.0. The highest BCUT2D eigenvalue weighted by Gasteiger charge is 2.23. The molecule has 0 aliphatic heterocycles. The van der Waals surface area contributed by atoms with E-state index in [1.807, 2.05) is 42.5 Å². The lowest BCUT2D eigenvalue weighted by Gasteiger charge is -2.36.